The highest BCUT2D eigenvalue weighted by Crippen LogP contribution is 2.28. The van der Waals surface area contributed by atoms with Crippen molar-refractivity contribution in [3.63, 3.8) is 0 Å². The molecule has 0 atom stereocenters. The number of hydrogen-bond acceptors (Lipinski definition) is 6. The van der Waals surface area contributed by atoms with E-state index in [1.165, 1.54) is 4.57 Å². The Morgan fingerprint density at radius 3 is 2.41 bits per heavy atom. The van der Waals surface area contributed by atoms with Gasteiger partial charge in [-0.25, -0.2) is 23.5 Å². The second-order valence-corrected chi connectivity index (χ2v) is 12.2. The molecule has 1 aliphatic rings. The number of fused-ring (bicyclic) bond motifs is 1. The molecular formula is C33H36FN5O5. The van der Waals surface area contributed by atoms with Crippen molar-refractivity contribution in [2.45, 2.75) is 70.7 Å². The fraction of sp³-hybridized carbons (Fsp3) is 0.364. The maximum absolute atomic E-state index is 14.4. The van der Waals surface area contributed by atoms with E-state index in [1.54, 1.807) is 57.0 Å². The van der Waals surface area contributed by atoms with Crippen LogP contribution in [0, 0.1) is 5.82 Å². The van der Waals surface area contributed by atoms with Gasteiger partial charge in [-0.05, 0) is 76.3 Å². The summed E-state index contributed by atoms with van der Waals surface area (Å²) in [5.41, 5.74) is -0.260. The zero-order chi connectivity index (χ0) is 31.6. The Balaban J connectivity index is 1.47. The first-order valence-corrected chi connectivity index (χ1v) is 14.6. The van der Waals surface area contributed by atoms with Crippen LogP contribution in [0.3, 0.4) is 0 Å². The summed E-state index contributed by atoms with van der Waals surface area (Å²) < 4.78 is 22.1. The summed E-state index contributed by atoms with van der Waals surface area (Å²) in [4.78, 5) is 59.0. The molecule has 10 nitrogen and oxygen atoms in total. The first kappa shape index (κ1) is 30.7. The lowest BCUT2D eigenvalue weighted by Crippen LogP contribution is -2.45. The number of benzene rings is 2. The fourth-order valence-electron chi connectivity index (χ4n) is 5.62. The summed E-state index contributed by atoms with van der Waals surface area (Å²) >= 11 is 0. The van der Waals surface area contributed by atoms with Gasteiger partial charge < -0.3 is 15.0 Å². The minimum absolute atomic E-state index is 0.000155. The molecule has 230 valence electrons. The standard InChI is InChI=1S/C33H36FN5O5/c1-33(2,3)44-31(42)36-24-13-15-25(16-14-24)39-30(41)27-18-23(34)19-35-28(27)38(32(39)43)26-12-8-11-22(17-26)29(40)37(4)20-21-9-6-5-7-10-21/h5-12,17-19,24-25H,13-16,20H2,1-4H3,(H,36,42). The lowest BCUT2D eigenvalue weighted by molar-refractivity contribution is 0.0487. The third kappa shape index (κ3) is 6.72. The molecule has 2 aromatic heterocycles. The molecule has 0 aliphatic heterocycles. The highest BCUT2D eigenvalue weighted by Gasteiger charge is 2.29. The molecule has 1 saturated carbocycles. The van der Waals surface area contributed by atoms with Crippen molar-refractivity contribution in [3.8, 4) is 5.69 Å². The smallest absolute Gasteiger partial charge is 0.407 e. The van der Waals surface area contributed by atoms with Gasteiger partial charge in [0.25, 0.3) is 11.5 Å². The molecule has 44 heavy (non-hydrogen) atoms. The molecule has 2 aromatic carbocycles. The van der Waals surface area contributed by atoms with Crippen LogP contribution < -0.4 is 16.6 Å². The topological polar surface area (TPSA) is 116 Å². The van der Waals surface area contributed by atoms with Gasteiger partial charge in [0.15, 0.2) is 5.65 Å². The number of carbonyl (C=O) groups is 2. The molecule has 0 saturated heterocycles. The molecule has 1 fully saturated rings. The van der Waals surface area contributed by atoms with Crippen molar-refractivity contribution in [3.05, 3.63) is 105 Å². The summed E-state index contributed by atoms with van der Waals surface area (Å²) in [6, 6.07) is 16.5. The van der Waals surface area contributed by atoms with Crippen LogP contribution in [0.15, 0.2) is 76.4 Å². The van der Waals surface area contributed by atoms with Crippen molar-refractivity contribution in [1.29, 1.82) is 0 Å². The van der Waals surface area contributed by atoms with E-state index >= 15 is 0 Å². The number of amides is 2. The van der Waals surface area contributed by atoms with E-state index in [1.807, 2.05) is 30.3 Å². The van der Waals surface area contributed by atoms with E-state index in [9.17, 15) is 23.6 Å². The molecule has 0 spiro atoms. The highest BCUT2D eigenvalue weighted by atomic mass is 19.1. The number of nitrogens with one attached hydrogen (secondary N) is 1. The van der Waals surface area contributed by atoms with Crippen LogP contribution >= 0.6 is 0 Å². The number of ether oxygens (including phenoxy) is 1. The van der Waals surface area contributed by atoms with Crippen LogP contribution in [0.2, 0.25) is 0 Å². The predicted molar refractivity (Wildman–Crippen MR) is 164 cm³/mol. The summed E-state index contributed by atoms with van der Waals surface area (Å²) in [7, 11) is 1.70. The van der Waals surface area contributed by atoms with E-state index in [4.69, 9.17) is 4.74 Å². The predicted octanol–water partition coefficient (Wildman–Crippen LogP) is 4.97. The Morgan fingerprint density at radius 2 is 1.73 bits per heavy atom. The normalized spacial score (nSPS) is 16.8. The molecule has 2 heterocycles. The molecule has 0 unspecified atom stereocenters. The number of halogens is 1. The first-order valence-electron chi connectivity index (χ1n) is 14.6. The third-order valence-electron chi connectivity index (χ3n) is 7.63. The van der Waals surface area contributed by atoms with Gasteiger partial charge in [0, 0.05) is 31.2 Å². The van der Waals surface area contributed by atoms with Crippen molar-refractivity contribution in [2.24, 2.45) is 0 Å². The highest BCUT2D eigenvalue weighted by molar-refractivity contribution is 5.94. The second-order valence-electron chi connectivity index (χ2n) is 12.2. The molecular weight excluding hydrogens is 565 g/mol. The minimum atomic E-state index is -0.705. The number of rotatable bonds is 6. The molecule has 11 heteroatoms. The summed E-state index contributed by atoms with van der Waals surface area (Å²) in [6.07, 6.45) is 2.36. The monoisotopic (exact) mass is 601 g/mol. The summed E-state index contributed by atoms with van der Waals surface area (Å²) in [5, 5.41) is 2.82. The average molecular weight is 602 g/mol. The fourth-order valence-corrected chi connectivity index (χ4v) is 5.62. The van der Waals surface area contributed by atoms with Crippen LogP contribution in [0.5, 0.6) is 0 Å². The van der Waals surface area contributed by atoms with E-state index in [0.29, 0.717) is 43.5 Å². The van der Waals surface area contributed by atoms with Gasteiger partial charge >= 0.3 is 11.8 Å². The van der Waals surface area contributed by atoms with Crippen LogP contribution in [-0.2, 0) is 11.3 Å². The van der Waals surface area contributed by atoms with Gasteiger partial charge in [-0.2, -0.15) is 0 Å². The Hall–Kier alpha value is -4.80. The zero-order valence-electron chi connectivity index (χ0n) is 25.2. The SMILES string of the molecule is CN(Cc1ccccc1)C(=O)c1cccc(-n2c(=O)n(C3CCC(NC(=O)OC(C)(C)C)CC3)c(=O)c3cc(F)cnc32)c1. The Labute approximate surface area is 254 Å². The van der Waals surface area contributed by atoms with Crippen LogP contribution in [-0.4, -0.2) is 49.7 Å². The molecule has 4 aromatic rings. The van der Waals surface area contributed by atoms with Crippen molar-refractivity contribution < 1.29 is 18.7 Å². The second kappa shape index (κ2) is 12.4. The number of aromatic nitrogens is 3. The van der Waals surface area contributed by atoms with E-state index in [-0.39, 0.29) is 23.0 Å². The number of hydrogen-bond donors (Lipinski definition) is 1. The van der Waals surface area contributed by atoms with Crippen molar-refractivity contribution >= 4 is 23.0 Å². The Bertz CT molecular complexity index is 1800. The lowest BCUT2D eigenvalue weighted by atomic mass is 9.91. The van der Waals surface area contributed by atoms with Gasteiger partial charge in [-0.3, -0.25) is 14.2 Å². The summed E-state index contributed by atoms with van der Waals surface area (Å²) in [5.74, 6) is -0.959. The molecule has 0 bridgehead atoms. The summed E-state index contributed by atoms with van der Waals surface area (Å²) in [6.45, 7) is 5.75. The van der Waals surface area contributed by atoms with Gasteiger partial charge in [0.1, 0.15) is 11.4 Å². The minimum Gasteiger partial charge on any atom is -0.444 e. The number of carbonyl (C=O) groups excluding carboxylic acids is 2. The zero-order valence-corrected chi connectivity index (χ0v) is 25.2. The first-order chi connectivity index (χ1) is 20.9. The van der Waals surface area contributed by atoms with Crippen molar-refractivity contribution in [1.82, 2.24) is 24.3 Å². The molecule has 5 rings (SSSR count). The van der Waals surface area contributed by atoms with Gasteiger partial charge in [-0.15, -0.1) is 0 Å². The van der Waals surface area contributed by atoms with Gasteiger partial charge in [0.05, 0.1) is 17.3 Å². The van der Waals surface area contributed by atoms with Crippen molar-refractivity contribution in [2.75, 3.05) is 7.05 Å². The number of nitrogens with zero attached hydrogens (tertiary/aromatic N) is 4. The quantitative estimate of drug-likeness (QED) is 0.334. The van der Waals surface area contributed by atoms with Gasteiger partial charge in [0.2, 0.25) is 0 Å². The molecule has 1 N–H and O–H groups in total. The van der Waals surface area contributed by atoms with Crippen LogP contribution in [0.25, 0.3) is 16.7 Å². The molecule has 2 amide bonds. The van der Waals surface area contributed by atoms with E-state index < -0.39 is 34.8 Å². The van der Waals surface area contributed by atoms with E-state index in [0.717, 1.165) is 22.4 Å². The maximum Gasteiger partial charge on any atom is 0.407 e. The molecule has 1 aliphatic carbocycles. The van der Waals surface area contributed by atoms with Gasteiger partial charge in [-0.1, -0.05) is 36.4 Å². The van der Waals surface area contributed by atoms with E-state index in [2.05, 4.69) is 10.3 Å². The van der Waals surface area contributed by atoms with Crippen LogP contribution in [0.1, 0.15) is 68.4 Å². The average Bonchev–Trinajstić information content (AvgIpc) is 2.98. The maximum atomic E-state index is 14.4. The Kier molecular flexibility index (Phi) is 8.66. The number of pyridine rings is 1. The lowest BCUT2D eigenvalue weighted by Gasteiger charge is -2.31. The largest absolute Gasteiger partial charge is 0.444 e. The number of alkyl carbamates (subject to hydrolysis) is 1. The molecule has 0 radical (unpaired) electrons. The Morgan fingerprint density at radius 1 is 1.02 bits per heavy atom. The van der Waals surface area contributed by atoms with Crippen LogP contribution in [0.4, 0.5) is 9.18 Å². The third-order valence-corrected chi connectivity index (χ3v) is 7.63.